The Morgan fingerprint density at radius 1 is 1.45 bits per heavy atom. The third kappa shape index (κ3) is 2.11. The maximum Gasteiger partial charge on any atom is 0.0985 e. The van der Waals surface area contributed by atoms with Crippen LogP contribution in [0.3, 0.4) is 0 Å². The SMILES string of the molecule is CC1=CC(C)C2(CO)COC(c3ccc(I)s3)C1C2C. The highest BCUT2D eigenvalue weighted by molar-refractivity contribution is 14.1. The predicted octanol–water partition coefficient (Wildman–Crippen LogP) is 4.25. The average Bonchev–Trinajstić information content (AvgIpc) is 2.83. The number of allylic oxidation sites excluding steroid dienone is 1. The van der Waals surface area contributed by atoms with E-state index < -0.39 is 0 Å². The van der Waals surface area contributed by atoms with Crippen molar-refractivity contribution in [2.45, 2.75) is 26.9 Å². The zero-order valence-corrected chi connectivity index (χ0v) is 15.1. The quantitative estimate of drug-likeness (QED) is 0.590. The van der Waals surface area contributed by atoms with Gasteiger partial charge in [0.25, 0.3) is 0 Å². The van der Waals surface area contributed by atoms with Crippen molar-refractivity contribution in [2.75, 3.05) is 13.2 Å². The second kappa shape index (κ2) is 5.38. The highest BCUT2D eigenvalue weighted by atomic mass is 127. The van der Waals surface area contributed by atoms with Gasteiger partial charge in [-0.05, 0) is 53.5 Å². The Hall–Kier alpha value is 0.0900. The number of aliphatic hydroxyl groups excluding tert-OH is 1. The van der Waals surface area contributed by atoms with Crippen molar-refractivity contribution < 1.29 is 9.84 Å². The van der Waals surface area contributed by atoms with Crippen LogP contribution in [-0.2, 0) is 4.74 Å². The summed E-state index contributed by atoms with van der Waals surface area (Å²) >= 11 is 4.19. The predicted molar refractivity (Wildman–Crippen MR) is 90.8 cm³/mol. The van der Waals surface area contributed by atoms with Gasteiger partial charge in [0, 0.05) is 16.2 Å². The molecule has 2 bridgehead atoms. The van der Waals surface area contributed by atoms with Gasteiger partial charge in [0.1, 0.15) is 0 Å². The lowest BCUT2D eigenvalue weighted by atomic mass is 9.56. The van der Waals surface area contributed by atoms with Gasteiger partial charge in [-0.25, -0.2) is 0 Å². The molecule has 4 heteroatoms. The van der Waals surface area contributed by atoms with Gasteiger partial charge in [-0.3, -0.25) is 0 Å². The molecule has 5 unspecified atom stereocenters. The Morgan fingerprint density at radius 2 is 2.20 bits per heavy atom. The monoisotopic (exact) mass is 404 g/mol. The van der Waals surface area contributed by atoms with Crippen LogP contribution in [0.25, 0.3) is 0 Å². The number of fused-ring (bicyclic) bond motifs is 2. The maximum atomic E-state index is 9.97. The highest BCUT2D eigenvalue weighted by Crippen LogP contribution is 2.56. The van der Waals surface area contributed by atoms with E-state index in [1.54, 1.807) is 0 Å². The molecule has 0 spiro atoms. The van der Waals surface area contributed by atoms with E-state index in [0.29, 0.717) is 24.4 Å². The van der Waals surface area contributed by atoms with Gasteiger partial charge in [0.2, 0.25) is 0 Å². The van der Waals surface area contributed by atoms with Crippen LogP contribution in [0.4, 0.5) is 0 Å². The molecule has 1 N–H and O–H groups in total. The smallest absolute Gasteiger partial charge is 0.0985 e. The van der Waals surface area contributed by atoms with Gasteiger partial charge in [-0.1, -0.05) is 25.5 Å². The zero-order chi connectivity index (χ0) is 14.5. The molecular formula is C16H21IO2S. The van der Waals surface area contributed by atoms with E-state index in [4.69, 9.17) is 4.74 Å². The Balaban J connectivity index is 2.02. The molecule has 1 aliphatic carbocycles. The fourth-order valence-corrected chi connectivity index (χ4v) is 5.80. The van der Waals surface area contributed by atoms with Gasteiger partial charge in [-0.2, -0.15) is 0 Å². The van der Waals surface area contributed by atoms with Crippen molar-refractivity contribution in [1.82, 2.24) is 0 Å². The molecule has 2 nitrogen and oxygen atoms in total. The summed E-state index contributed by atoms with van der Waals surface area (Å²) in [6, 6.07) is 4.36. The van der Waals surface area contributed by atoms with Crippen LogP contribution in [-0.4, -0.2) is 18.3 Å². The van der Waals surface area contributed by atoms with E-state index in [0.717, 1.165) is 0 Å². The standard InChI is InChI=1S/C16H21IO2S/c1-9-6-10(2)16(7-18)8-19-15(14(9)11(16)3)12-4-5-13(17)20-12/h4-6,10-11,14-15,18H,7-8H2,1-3H3. The lowest BCUT2D eigenvalue weighted by molar-refractivity contribution is -0.164. The van der Waals surface area contributed by atoms with Crippen molar-refractivity contribution >= 4 is 33.9 Å². The fraction of sp³-hybridized carbons (Fsp3) is 0.625. The van der Waals surface area contributed by atoms with E-state index in [9.17, 15) is 5.11 Å². The second-order valence-corrected chi connectivity index (χ2v) is 9.29. The molecule has 1 fully saturated rings. The first kappa shape index (κ1) is 15.0. The topological polar surface area (TPSA) is 29.5 Å². The summed E-state index contributed by atoms with van der Waals surface area (Å²) in [7, 11) is 0. The molecule has 1 aromatic heterocycles. The van der Waals surface area contributed by atoms with Crippen molar-refractivity contribution in [3.05, 3.63) is 31.5 Å². The molecular weight excluding hydrogens is 383 g/mol. The molecule has 3 rings (SSSR count). The van der Waals surface area contributed by atoms with Crippen LogP contribution >= 0.6 is 33.9 Å². The van der Waals surface area contributed by atoms with E-state index >= 15 is 0 Å². The molecule has 1 aromatic rings. The van der Waals surface area contributed by atoms with Crippen molar-refractivity contribution in [1.29, 1.82) is 0 Å². The number of hydrogen-bond donors (Lipinski definition) is 1. The van der Waals surface area contributed by atoms with Gasteiger partial charge < -0.3 is 9.84 Å². The molecule has 20 heavy (non-hydrogen) atoms. The summed E-state index contributed by atoms with van der Waals surface area (Å²) < 4.78 is 7.56. The summed E-state index contributed by atoms with van der Waals surface area (Å²) in [5.41, 5.74) is 1.31. The largest absolute Gasteiger partial charge is 0.396 e. The summed E-state index contributed by atoms with van der Waals surface area (Å²) in [6.45, 7) is 7.60. The summed E-state index contributed by atoms with van der Waals surface area (Å²) in [6.07, 6.45) is 2.51. The maximum absolute atomic E-state index is 9.97. The normalized spacial score (nSPS) is 40.5. The van der Waals surface area contributed by atoms with Crippen molar-refractivity contribution in [3.63, 3.8) is 0 Å². The zero-order valence-electron chi connectivity index (χ0n) is 12.1. The molecule has 1 aliphatic heterocycles. The molecule has 1 saturated heterocycles. The van der Waals surface area contributed by atoms with Crippen LogP contribution in [0.2, 0.25) is 0 Å². The van der Waals surface area contributed by atoms with Gasteiger partial charge in [0.15, 0.2) is 0 Å². The van der Waals surface area contributed by atoms with Gasteiger partial charge in [0.05, 0.1) is 22.2 Å². The third-order valence-electron chi connectivity index (χ3n) is 5.42. The fourth-order valence-electron chi connectivity index (χ4n) is 4.02. The summed E-state index contributed by atoms with van der Waals surface area (Å²) in [5.74, 6) is 1.22. The van der Waals surface area contributed by atoms with Crippen molar-refractivity contribution in [3.8, 4) is 0 Å². The number of halogens is 1. The first-order valence-electron chi connectivity index (χ1n) is 7.15. The lowest BCUT2D eigenvalue weighted by Crippen LogP contribution is -2.53. The van der Waals surface area contributed by atoms with E-state index in [1.807, 2.05) is 11.3 Å². The number of ether oxygens (including phenoxy) is 1. The summed E-state index contributed by atoms with van der Waals surface area (Å²) in [5, 5.41) is 9.97. The third-order valence-corrected chi connectivity index (χ3v) is 7.37. The minimum atomic E-state index is -0.106. The second-order valence-electron chi connectivity index (χ2n) is 6.28. The van der Waals surface area contributed by atoms with Gasteiger partial charge in [-0.15, -0.1) is 11.3 Å². The number of thiophene rings is 1. The molecule has 2 aliphatic rings. The first-order chi connectivity index (χ1) is 9.49. The van der Waals surface area contributed by atoms with E-state index in [1.165, 1.54) is 13.3 Å². The lowest BCUT2D eigenvalue weighted by Gasteiger charge is -2.54. The minimum Gasteiger partial charge on any atom is -0.396 e. The van der Waals surface area contributed by atoms with Crippen LogP contribution in [0, 0.1) is 26.1 Å². The minimum absolute atomic E-state index is 0.106. The Morgan fingerprint density at radius 3 is 2.80 bits per heavy atom. The summed E-state index contributed by atoms with van der Waals surface area (Å²) in [4.78, 5) is 1.32. The van der Waals surface area contributed by atoms with Crippen LogP contribution in [0.5, 0.6) is 0 Å². The van der Waals surface area contributed by atoms with E-state index in [2.05, 4.69) is 61.6 Å². The Bertz CT molecular complexity index is 538. The van der Waals surface area contributed by atoms with Crippen LogP contribution in [0.1, 0.15) is 31.8 Å². The van der Waals surface area contributed by atoms with E-state index in [-0.39, 0.29) is 18.1 Å². The molecule has 5 atom stereocenters. The highest BCUT2D eigenvalue weighted by Gasteiger charge is 2.53. The number of aliphatic hydroxyl groups is 1. The average molecular weight is 404 g/mol. The number of rotatable bonds is 2. The Labute approximate surface area is 138 Å². The molecule has 0 radical (unpaired) electrons. The van der Waals surface area contributed by atoms with Gasteiger partial charge >= 0.3 is 0 Å². The number of hydrogen-bond acceptors (Lipinski definition) is 3. The molecule has 2 heterocycles. The first-order valence-corrected chi connectivity index (χ1v) is 9.05. The molecule has 0 aromatic carbocycles. The molecule has 110 valence electrons. The molecule has 0 saturated carbocycles. The Kier molecular flexibility index (Phi) is 4.03. The van der Waals surface area contributed by atoms with Crippen LogP contribution < -0.4 is 0 Å². The molecule has 0 amide bonds. The van der Waals surface area contributed by atoms with Crippen molar-refractivity contribution in [2.24, 2.45) is 23.2 Å². The van der Waals surface area contributed by atoms with Crippen LogP contribution in [0.15, 0.2) is 23.8 Å².